The molecule has 0 saturated carbocycles. The van der Waals surface area contributed by atoms with E-state index in [1.165, 1.54) is 6.07 Å². The molecule has 72 valence electrons. The van der Waals surface area contributed by atoms with E-state index in [1.54, 1.807) is 13.0 Å². The zero-order valence-corrected chi connectivity index (χ0v) is 7.82. The summed E-state index contributed by atoms with van der Waals surface area (Å²) in [4.78, 5) is 10.5. The molecular weight excluding hydrogens is 192 g/mol. The lowest BCUT2D eigenvalue weighted by Crippen LogP contribution is -2.21. The van der Waals surface area contributed by atoms with Crippen molar-refractivity contribution in [2.75, 3.05) is 0 Å². The summed E-state index contributed by atoms with van der Waals surface area (Å²) < 4.78 is 0. The Bertz CT molecular complexity index is 310. The molecule has 0 aliphatic rings. The predicted molar refractivity (Wildman–Crippen MR) is 49.6 cm³/mol. The first kappa shape index (κ1) is 10.1. The van der Waals surface area contributed by atoms with Crippen LogP contribution in [0.1, 0.15) is 17.8 Å². The van der Waals surface area contributed by atoms with Gasteiger partial charge >= 0.3 is 5.00 Å². The molecule has 0 fully saturated rings. The number of aliphatic hydroxyl groups is 1. The first-order chi connectivity index (χ1) is 6.02. The van der Waals surface area contributed by atoms with Gasteiger partial charge in [0.15, 0.2) is 0 Å². The van der Waals surface area contributed by atoms with Crippen molar-refractivity contribution < 1.29 is 10.0 Å². The summed E-state index contributed by atoms with van der Waals surface area (Å²) in [5.74, 6) is 0. The lowest BCUT2D eigenvalue weighted by Gasteiger charge is -2.11. The normalized spacial score (nSPS) is 15.3. The number of rotatable bonds is 3. The number of hydrogen-bond donors (Lipinski definition) is 2. The van der Waals surface area contributed by atoms with Gasteiger partial charge in [0.25, 0.3) is 0 Å². The van der Waals surface area contributed by atoms with Gasteiger partial charge in [0, 0.05) is 10.9 Å². The highest BCUT2D eigenvalue weighted by molar-refractivity contribution is 7.15. The number of hydrogen-bond acceptors (Lipinski definition) is 5. The van der Waals surface area contributed by atoms with Gasteiger partial charge in [0.2, 0.25) is 0 Å². The molecule has 0 aromatic carbocycles. The van der Waals surface area contributed by atoms with Crippen molar-refractivity contribution in [3.63, 3.8) is 0 Å². The summed E-state index contributed by atoms with van der Waals surface area (Å²) in [7, 11) is 0. The molecule has 1 heterocycles. The molecule has 2 unspecified atom stereocenters. The summed E-state index contributed by atoms with van der Waals surface area (Å²) in [6.45, 7) is 1.55. The van der Waals surface area contributed by atoms with Crippen molar-refractivity contribution >= 4 is 16.3 Å². The van der Waals surface area contributed by atoms with Crippen molar-refractivity contribution in [1.82, 2.24) is 0 Å². The highest BCUT2D eigenvalue weighted by atomic mass is 32.1. The van der Waals surface area contributed by atoms with Gasteiger partial charge in [-0.15, -0.1) is 0 Å². The zero-order chi connectivity index (χ0) is 10.0. The minimum Gasteiger partial charge on any atom is -0.391 e. The van der Waals surface area contributed by atoms with Crippen LogP contribution in [0.4, 0.5) is 5.00 Å². The maximum absolute atomic E-state index is 10.3. The molecule has 2 atom stereocenters. The Hall–Kier alpha value is -0.980. The van der Waals surface area contributed by atoms with Gasteiger partial charge in [-0.05, 0) is 13.0 Å². The second-order valence-electron chi connectivity index (χ2n) is 2.70. The lowest BCUT2D eigenvalue weighted by atomic mass is 10.2. The standard InChI is InChI=1S/C7H10N2O3S/c1-4(10)7(8)5-2-3-6(13-5)9(11)12/h2-4,7,10H,8H2,1H3. The van der Waals surface area contributed by atoms with Gasteiger partial charge in [-0.1, -0.05) is 11.3 Å². The highest BCUT2D eigenvalue weighted by Gasteiger charge is 2.17. The van der Waals surface area contributed by atoms with Crippen LogP contribution < -0.4 is 5.73 Å². The van der Waals surface area contributed by atoms with E-state index in [-0.39, 0.29) is 5.00 Å². The Kier molecular flexibility index (Phi) is 2.97. The van der Waals surface area contributed by atoms with Crippen molar-refractivity contribution in [2.45, 2.75) is 19.1 Å². The molecule has 1 aromatic rings. The van der Waals surface area contributed by atoms with E-state index in [2.05, 4.69) is 0 Å². The molecule has 13 heavy (non-hydrogen) atoms. The Labute approximate surface area is 79.0 Å². The van der Waals surface area contributed by atoms with Crippen LogP contribution >= 0.6 is 11.3 Å². The summed E-state index contributed by atoms with van der Waals surface area (Å²) in [5.41, 5.74) is 5.59. The average molecular weight is 202 g/mol. The van der Waals surface area contributed by atoms with Gasteiger partial charge in [-0.3, -0.25) is 10.1 Å². The van der Waals surface area contributed by atoms with Crippen molar-refractivity contribution in [2.24, 2.45) is 5.73 Å². The largest absolute Gasteiger partial charge is 0.391 e. The Morgan fingerprint density at radius 3 is 2.69 bits per heavy atom. The number of nitrogens with two attached hydrogens (primary N) is 1. The third-order valence-electron chi connectivity index (χ3n) is 1.64. The van der Waals surface area contributed by atoms with E-state index in [9.17, 15) is 10.1 Å². The molecule has 0 aliphatic heterocycles. The van der Waals surface area contributed by atoms with Crippen molar-refractivity contribution in [3.8, 4) is 0 Å². The zero-order valence-electron chi connectivity index (χ0n) is 7.01. The Balaban J connectivity index is 2.85. The molecule has 6 heteroatoms. The molecule has 0 amide bonds. The van der Waals surface area contributed by atoms with Crippen molar-refractivity contribution in [1.29, 1.82) is 0 Å². The average Bonchev–Trinajstić information content (AvgIpc) is 2.50. The summed E-state index contributed by atoms with van der Waals surface area (Å²) in [6, 6.07) is 2.42. The van der Waals surface area contributed by atoms with Gasteiger partial charge in [-0.2, -0.15) is 0 Å². The molecule has 0 aliphatic carbocycles. The van der Waals surface area contributed by atoms with E-state index in [1.807, 2.05) is 0 Å². The molecule has 0 saturated heterocycles. The van der Waals surface area contributed by atoms with E-state index in [4.69, 9.17) is 10.8 Å². The number of thiophene rings is 1. The van der Waals surface area contributed by atoms with Crippen LogP contribution in [-0.4, -0.2) is 16.1 Å². The minimum atomic E-state index is -0.696. The van der Waals surface area contributed by atoms with Crippen LogP contribution in [0, 0.1) is 10.1 Å². The van der Waals surface area contributed by atoms with Crippen LogP contribution in [0.25, 0.3) is 0 Å². The monoisotopic (exact) mass is 202 g/mol. The first-order valence-electron chi connectivity index (χ1n) is 3.70. The number of nitro groups is 1. The predicted octanol–water partition coefficient (Wildman–Crippen LogP) is 1.04. The number of aliphatic hydroxyl groups excluding tert-OH is 1. The van der Waals surface area contributed by atoms with Crippen LogP contribution in [0.3, 0.4) is 0 Å². The second-order valence-corrected chi connectivity index (χ2v) is 3.79. The molecule has 0 spiro atoms. The summed E-state index contributed by atoms with van der Waals surface area (Å²) in [5, 5.41) is 19.5. The molecule has 1 aromatic heterocycles. The minimum absolute atomic E-state index is 0.0473. The summed E-state index contributed by atoms with van der Waals surface area (Å²) in [6.07, 6.45) is -0.696. The fraction of sp³-hybridized carbons (Fsp3) is 0.429. The van der Waals surface area contributed by atoms with Gasteiger partial charge in [0.1, 0.15) is 0 Å². The fourth-order valence-corrected chi connectivity index (χ4v) is 1.78. The third-order valence-corrected chi connectivity index (χ3v) is 2.78. The molecule has 5 nitrogen and oxygen atoms in total. The smallest absolute Gasteiger partial charge is 0.324 e. The Morgan fingerprint density at radius 1 is 1.69 bits per heavy atom. The molecule has 0 radical (unpaired) electrons. The molecule has 0 bridgehead atoms. The van der Waals surface area contributed by atoms with Gasteiger partial charge in [0.05, 0.1) is 17.1 Å². The van der Waals surface area contributed by atoms with Gasteiger partial charge in [-0.25, -0.2) is 0 Å². The summed E-state index contributed by atoms with van der Waals surface area (Å²) >= 11 is 0.993. The topological polar surface area (TPSA) is 89.4 Å². The number of nitrogens with zero attached hydrogens (tertiary/aromatic N) is 1. The quantitative estimate of drug-likeness (QED) is 0.566. The maximum atomic E-state index is 10.3. The van der Waals surface area contributed by atoms with E-state index in [0.717, 1.165) is 11.3 Å². The highest BCUT2D eigenvalue weighted by Crippen LogP contribution is 2.28. The maximum Gasteiger partial charge on any atom is 0.324 e. The van der Waals surface area contributed by atoms with Crippen LogP contribution in [-0.2, 0) is 0 Å². The first-order valence-corrected chi connectivity index (χ1v) is 4.52. The molecule has 3 N–H and O–H groups in total. The lowest BCUT2D eigenvalue weighted by molar-refractivity contribution is -0.380. The Morgan fingerprint density at radius 2 is 2.31 bits per heavy atom. The molecular formula is C7H10N2O3S. The van der Waals surface area contributed by atoms with Crippen molar-refractivity contribution in [3.05, 3.63) is 27.1 Å². The van der Waals surface area contributed by atoms with Crippen LogP contribution in [0.15, 0.2) is 12.1 Å². The third kappa shape index (κ3) is 2.24. The molecule has 1 rings (SSSR count). The van der Waals surface area contributed by atoms with Crippen LogP contribution in [0.5, 0.6) is 0 Å². The van der Waals surface area contributed by atoms with Gasteiger partial charge < -0.3 is 10.8 Å². The fourth-order valence-electron chi connectivity index (χ4n) is 0.857. The second kappa shape index (κ2) is 3.82. The van der Waals surface area contributed by atoms with E-state index in [0.29, 0.717) is 4.88 Å². The SMILES string of the molecule is CC(O)C(N)c1ccc([N+](=O)[O-])s1. The van der Waals surface area contributed by atoms with Crippen LogP contribution in [0.2, 0.25) is 0 Å². The van der Waals surface area contributed by atoms with E-state index < -0.39 is 17.1 Å². The van der Waals surface area contributed by atoms with E-state index >= 15 is 0 Å².